The molecule has 0 spiro atoms. The van der Waals surface area contributed by atoms with Crippen LogP contribution in [0.4, 0.5) is 14.5 Å². The number of rotatable bonds is 5. The van der Waals surface area contributed by atoms with E-state index >= 15 is 0 Å². The Labute approximate surface area is 184 Å². The van der Waals surface area contributed by atoms with Crippen molar-refractivity contribution in [1.82, 2.24) is 4.90 Å². The molecule has 2 aliphatic rings. The molecule has 6 nitrogen and oxygen atoms in total. The SMILES string of the molecule is O=C(O)CC(c1ccc(F)cc1)C1CCN(C(=O)c2cc3c(cc2F)NC(=O)CC3)CC1. The third-order valence-electron chi connectivity index (χ3n) is 6.41. The van der Waals surface area contributed by atoms with Crippen molar-refractivity contribution >= 4 is 23.5 Å². The standard InChI is InChI=1S/C24H24F2N2O4/c25-17-4-1-14(2-5-17)18(12-23(30)31)15-7-9-28(10-8-15)24(32)19-11-16-3-6-22(29)27-21(16)13-20(19)26/h1-2,4-5,11,13,15,18H,3,6-10,12H2,(H,27,29)(H,30,31). The Morgan fingerprint density at radius 2 is 1.78 bits per heavy atom. The molecular weight excluding hydrogens is 418 g/mol. The molecule has 1 atom stereocenters. The maximum absolute atomic E-state index is 14.6. The van der Waals surface area contributed by atoms with E-state index in [1.807, 2.05) is 0 Å². The Hall–Kier alpha value is -3.29. The highest BCUT2D eigenvalue weighted by Gasteiger charge is 2.32. The summed E-state index contributed by atoms with van der Waals surface area (Å²) in [6, 6.07) is 8.59. The Bertz CT molecular complexity index is 1050. The predicted octanol–water partition coefficient (Wildman–Crippen LogP) is 3.96. The number of aliphatic carboxylic acids is 1. The van der Waals surface area contributed by atoms with E-state index in [1.165, 1.54) is 24.3 Å². The summed E-state index contributed by atoms with van der Waals surface area (Å²) >= 11 is 0. The minimum absolute atomic E-state index is 0.0148. The molecule has 8 heteroatoms. The summed E-state index contributed by atoms with van der Waals surface area (Å²) in [5.41, 5.74) is 1.90. The molecule has 2 aromatic rings. The second kappa shape index (κ2) is 9.06. The monoisotopic (exact) mass is 442 g/mol. The van der Waals surface area contributed by atoms with E-state index in [4.69, 9.17) is 0 Å². The largest absolute Gasteiger partial charge is 0.481 e. The van der Waals surface area contributed by atoms with Crippen molar-refractivity contribution in [3.05, 3.63) is 64.7 Å². The number of carbonyl (C=O) groups excluding carboxylic acids is 2. The van der Waals surface area contributed by atoms with E-state index in [0.29, 0.717) is 44.5 Å². The Morgan fingerprint density at radius 3 is 2.44 bits per heavy atom. The number of halogens is 2. The first kappa shape index (κ1) is 21.9. The number of benzene rings is 2. The van der Waals surface area contributed by atoms with Gasteiger partial charge in [0.25, 0.3) is 5.91 Å². The predicted molar refractivity (Wildman–Crippen MR) is 113 cm³/mol. The molecule has 0 radical (unpaired) electrons. The summed E-state index contributed by atoms with van der Waals surface area (Å²) in [6.45, 7) is 0.766. The number of nitrogens with zero attached hydrogens (tertiary/aromatic N) is 1. The zero-order valence-corrected chi connectivity index (χ0v) is 17.4. The van der Waals surface area contributed by atoms with Crippen LogP contribution < -0.4 is 5.32 Å². The number of fused-ring (bicyclic) bond motifs is 1. The lowest BCUT2D eigenvalue weighted by atomic mass is 9.78. The second-order valence-electron chi connectivity index (χ2n) is 8.42. The number of carboxylic acids is 1. The minimum atomic E-state index is -0.930. The maximum Gasteiger partial charge on any atom is 0.303 e. The molecule has 1 unspecified atom stereocenters. The van der Waals surface area contributed by atoms with Gasteiger partial charge in [0.05, 0.1) is 12.0 Å². The lowest BCUT2D eigenvalue weighted by Crippen LogP contribution is -2.40. The average molecular weight is 442 g/mol. The molecule has 1 saturated heterocycles. The van der Waals surface area contributed by atoms with Crippen molar-refractivity contribution in [1.29, 1.82) is 0 Å². The zero-order valence-electron chi connectivity index (χ0n) is 17.4. The summed E-state index contributed by atoms with van der Waals surface area (Å²) in [5, 5.41) is 12.0. The van der Waals surface area contributed by atoms with Gasteiger partial charge in [-0.1, -0.05) is 12.1 Å². The van der Waals surface area contributed by atoms with Crippen molar-refractivity contribution < 1.29 is 28.3 Å². The van der Waals surface area contributed by atoms with Gasteiger partial charge in [-0.2, -0.15) is 0 Å². The second-order valence-corrected chi connectivity index (χ2v) is 8.42. The first-order valence-electron chi connectivity index (χ1n) is 10.7. The molecule has 0 bridgehead atoms. The highest BCUT2D eigenvalue weighted by molar-refractivity contribution is 5.98. The van der Waals surface area contributed by atoms with Crippen LogP contribution in [0.3, 0.4) is 0 Å². The van der Waals surface area contributed by atoms with E-state index < -0.39 is 17.7 Å². The number of piperidine rings is 1. The Balaban J connectivity index is 1.46. The van der Waals surface area contributed by atoms with Crippen LogP contribution in [0.2, 0.25) is 0 Å². The van der Waals surface area contributed by atoms with Gasteiger partial charge in [-0.25, -0.2) is 8.78 Å². The van der Waals surface area contributed by atoms with E-state index in [-0.39, 0.29) is 35.5 Å². The van der Waals surface area contributed by atoms with Crippen molar-refractivity contribution in [2.45, 2.75) is 38.0 Å². The van der Waals surface area contributed by atoms with Gasteiger partial charge in [0, 0.05) is 25.2 Å². The zero-order chi connectivity index (χ0) is 22.8. The fourth-order valence-electron chi connectivity index (χ4n) is 4.70. The number of nitrogens with one attached hydrogen (secondary N) is 1. The average Bonchev–Trinajstić information content (AvgIpc) is 2.77. The molecule has 2 amide bonds. The number of amides is 2. The molecule has 2 aromatic carbocycles. The molecule has 168 valence electrons. The first-order chi connectivity index (χ1) is 15.3. The number of carbonyl (C=O) groups is 3. The number of carboxylic acid groups (broad SMARTS) is 1. The van der Waals surface area contributed by atoms with Crippen LogP contribution in [0.5, 0.6) is 0 Å². The maximum atomic E-state index is 14.6. The number of hydrogen-bond acceptors (Lipinski definition) is 3. The summed E-state index contributed by atoms with van der Waals surface area (Å²) in [7, 11) is 0. The van der Waals surface area contributed by atoms with Crippen molar-refractivity contribution in [2.75, 3.05) is 18.4 Å². The van der Waals surface area contributed by atoms with E-state index in [9.17, 15) is 28.3 Å². The number of hydrogen-bond donors (Lipinski definition) is 2. The van der Waals surface area contributed by atoms with Gasteiger partial charge < -0.3 is 15.3 Å². The van der Waals surface area contributed by atoms with Gasteiger partial charge in [-0.15, -0.1) is 0 Å². The van der Waals surface area contributed by atoms with Crippen molar-refractivity contribution in [3.8, 4) is 0 Å². The van der Waals surface area contributed by atoms with Crippen LogP contribution >= 0.6 is 0 Å². The number of anilines is 1. The van der Waals surface area contributed by atoms with Crippen LogP contribution in [0.15, 0.2) is 36.4 Å². The van der Waals surface area contributed by atoms with Crippen molar-refractivity contribution in [3.63, 3.8) is 0 Å². The third kappa shape index (κ3) is 4.64. The molecule has 1 fully saturated rings. The summed E-state index contributed by atoms with van der Waals surface area (Å²) in [5.74, 6) is -2.82. The van der Waals surface area contributed by atoms with Gasteiger partial charge in [0.15, 0.2) is 0 Å². The molecule has 32 heavy (non-hydrogen) atoms. The third-order valence-corrected chi connectivity index (χ3v) is 6.41. The summed E-state index contributed by atoms with van der Waals surface area (Å²) in [4.78, 5) is 37.5. The van der Waals surface area contributed by atoms with Gasteiger partial charge in [0.1, 0.15) is 11.6 Å². The molecule has 0 aromatic heterocycles. The van der Waals surface area contributed by atoms with Crippen LogP contribution in [0.25, 0.3) is 0 Å². The van der Waals surface area contributed by atoms with Gasteiger partial charge >= 0.3 is 5.97 Å². The highest BCUT2D eigenvalue weighted by atomic mass is 19.1. The molecule has 2 N–H and O–H groups in total. The van der Waals surface area contributed by atoms with Crippen LogP contribution in [-0.4, -0.2) is 40.9 Å². The minimum Gasteiger partial charge on any atom is -0.481 e. The fourth-order valence-corrected chi connectivity index (χ4v) is 4.70. The lowest BCUT2D eigenvalue weighted by Gasteiger charge is -2.36. The van der Waals surface area contributed by atoms with Gasteiger partial charge in [0.2, 0.25) is 5.91 Å². The Morgan fingerprint density at radius 1 is 1.09 bits per heavy atom. The number of likely N-dealkylation sites (tertiary alicyclic amines) is 1. The number of aryl methyl sites for hydroxylation is 1. The van der Waals surface area contributed by atoms with E-state index in [1.54, 1.807) is 17.0 Å². The van der Waals surface area contributed by atoms with Gasteiger partial charge in [-0.05, 0) is 66.5 Å². The van der Waals surface area contributed by atoms with Crippen molar-refractivity contribution in [2.24, 2.45) is 5.92 Å². The van der Waals surface area contributed by atoms with Crippen LogP contribution in [0.1, 0.15) is 53.1 Å². The van der Waals surface area contributed by atoms with Crippen LogP contribution in [-0.2, 0) is 16.0 Å². The molecule has 0 aliphatic carbocycles. The first-order valence-corrected chi connectivity index (χ1v) is 10.7. The normalized spacial score (nSPS) is 17.4. The molecule has 4 rings (SSSR count). The topological polar surface area (TPSA) is 86.7 Å². The quantitative estimate of drug-likeness (QED) is 0.734. The lowest BCUT2D eigenvalue weighted by molar-refractivity contribution is -0.137. The molecule has 0 saturated carbocycles. The Kier molecular flexibility index (Phi) is 6.21. The molecule has 2 aliphatic heterocycles. The smallest absolute Gasteiger partial charge is 0.303 e. The highest BCUT2D eigenvalue weighted by Crippen LogP contribution is 2.36. The van der Waals surface area contributed by atoms with Gasteiger partial charge in [-0.3, -0.25) is 14.4 Å². The summed E-state index contributed by atoms with van der Waals surface area (Å²) in [6.07, 6.45) is 1.83. The van der Waals surface area contributed by atoms with E-state index in [2.05, 4.69) is 5.32 Å². The summed E-state index contributed by atoms with van der Waals surface area (Å²) < 4.78 is 27.9. The van der Waals surface area contributed by atoms with Crippen LogP contribution in [0, 0.1) is 17.6 Å². The van der Waals surface area contributed by atoms with E-state index in [0.717, 1.165) is 11.1 Å². The molecule has 2 heterocycles. The fraction of sp³-hybridized carbons (Fsp3) is 0.375. The molecular formula is C24H24F2N2O4.